The lowest BCUT2D eigenvalue weighted by Gasteiger charge is -2.20. The molecular formula is C14H19NO2. The molecule has 0 N–H and O–H groups in total. The second kappa shape index (κ2) is 5.53. The third kappa shape index (κ3) is 3.34. The van der Waals surface area contributed by atoms with E-state index in [1.807, 2.05) is 32.9 Å². The molecule has 0 bridgehead atoms. The van der Waals surface area contributed by atoms with Crippen LogP contribution in [0.25, 0.3) is 0 Å². The number of benzene rings is 1. The maximum Gasteiger partial charge on any atom is 0.258 e. The zero-order chi connectivity index (χ0) is 13.0. The highest BCUT2D eigenvalue weighted by Gasteiger charge is 2.12. The topological polar surface area (TPSA) is 29.5 Å². The van der Waals surface area contributed by atoms with Crippen molar-refractivity contribution in [3.05, 3.63) is 41.5 Å². The van der Waals surface area contributed by atoms with Crippen molar-refractivity contribution in [1.29, 1.82) is 0 Å². The highest BCUT2D eigenvalue weighted by Crippen LogP contribution is 2.25. The normalized spacial score (nSPS) is 9.88. The van der Waals surface area contributed by atoms with Gasteiger partial charge < -0.3 is 4.84 Å². The molecular weight excluding hydrogens is 214 g/mol. The van der Waals surface area contributed by atoms with Crippen LogP contribution in [-0.2, 0) is 4.79 Å². The van der Waals surface area contributed by atoms with Crippen molar-refractivity contribution in [1.82, 2.24) is 5.06 Å². The number of rotatable bonds is 4. The molecule has 0 aromatic heterocycles. The van der Waals surface area contributed by atoms with Gasteiger partial charge in [0, 0.05) is 13.5 Å². The summed E-state index contributed by atoms with van der Waals surface area (Å²) in [5.74, 6) is 0.634. The predicted octanol–water partition coefficient (Wildman–Crippen LogP) is 2.94. The molecule has 0 unspecified atom stereocenters. The van der Waals surface area contributed by atoms with Crippen molar-refractivity contribution in [2.45, 2.75) is 27.2 Å². The minimum Gasteiger partial charge on any atom is -0.377 e. The SMILES string of the molecule is C=CCC(=O)N(C)Oc1c(C)cc(C)cc1C. The van der Waals surface area contributed by atoms with Crippen LogP contribution in [-0.4, -0.2) is 18.0 Å². The van der Waals surface area contributed by atoms with Gasteiger partial charge in [0.2, 0.25) is 0 Å². The number of carbonyl (C=O) groups excluding carboxylic acids is 1. The largest absolute Gasteiger partial charge is 0.377 e. The second-order valence-corrected chi connectivity index (χ2v) is 4.20. The molecule has 3 heteroatoms. The van der Waals surface area contributed by atoms with E-state index in [1.54, 1.807) is 13.1 Å². The fourth-order valence-corrected chi connectivity index (χ4v) is 1.75. The molecule has 0 radical (unpaired) electrons. The highest BCUT2D eigenvalue weighted by atomic mass is 16.7. The van der Waals surface area contributed by atoms with Crippen LogP contribution in [0.5, 0.6) is 5.75 Å². The minimum absolute atomic E-state index is 0.112. The Morgan fingerprint density at radius 1 is 1.35 bits per heavy atom. The number of hydroxylamine groups is 2. The lowest BCUT2D eigenvalue weighted by Crippen LogP contribution is -2.30. The van der Waals surface area contributed by atoms with E-state index < -0.39 is 0 Å². The van der Waals surface area contributed by atoms with E-state index in [0.717, 1.165) is 16.9 Å². The molecule has 0 spiro atoms. The number of carbonyl (C=O) groups is 1. The van der Waals surface area contributed by atoms with Gasteiger partial charge in [-0.2, -0.15) is 5.06 Å². The number of amides is 1. The molecule has 0 saturated heterocycles. The van der Waals surface area contributed by atoms with Gasteiger partial charge in [-0.05, 0) is 31.9 Å². The Balaban J connectivity index is 2.88. The maximum absolute atomic E-state index is 11.6. The Kier molecular flexibility index (Phi) is 4.32. The summed E-state index contributed by atoms with van der Waals surface area (Å²) in [7, 11) is 1.62. The number of hydrogen-bond acceptors (Lipinski definition) is 2. The van der Waals surface area contributed by atoms with Crippen LogP contribution in [0.15, 0.2) is 24.8 Å². The van der Waals surface area contributed by atoms with E-state index >= 15 is 0 Å². The standard InChI is InChI=1S/C14H19NO2/c1-6-7-13(16)15(5)17-14-11(3)8-10(2)9-12(14)4/h6,8-9H,1,7H2,2-5H3. The monoisotopic (exact) mass is 233 g/mol. The molecule has 0 fully saturated rings. The van der Waals surface area contributed by atoms with Gasteiger partial charge in [0.05, 0.1) is 0 Å². The second-order valence-electron chi connectivity index (χ2n) is 4.20. The zero-order valence-electron chi connectivity index (χ0n) is 10.9. The van der Waals surface area contributed by atoms with Crippen molar-refractivity contribution in [3.63, 3.8) is 0 Å². The van der Waals surface area contributed by atoms with Crippen LogP contribution in [0.4, 0.5) is 0 Å². The van der Waals surface area contributed by atoms with E-state index in [-0.39, 0.29) is 12.3 Å². The molecule has 17 heavy (non-hydrogen) atoms. The first-order valence-electron chi connectivity index (χ1n) is 5.59. The Morgan fingerprint density at radius 3 is 2.35 bits per heavy atom. The third-order valence-corrected chi connectivity index (χ3v) is 2.50. The molecule has 3 nitrogen and oxygen atoms in total. The molecule has 92 valence electrons. The highest BCUT2D eigenvalue weighted by molar-refractivity contribution is 5.76. The smallest absolute Gasteiger partial charge is 0.258 e. The maximum atomic E-state index is 11.6. The van der Waals surface area contributed by atoms with Gasteiger partial charge in [0.25, 0.3) is 5.91 Å². The van der Waals surface area contributed by atoms with Gasteiger partial charge in [0.15, 0.2) is 5.75 Å². The summed E-state index contributed by atoms with van der Waals surface area (Å²) in [5, 5.41) is 1.26. The van der Waals surface area contributed by atoms with Crippen LogP contribution >= 0.6 is 0 Å². The van der Waals surface area contributed by atoms with Crippen LogP contribution in [0.3, 0.4) is 0 Å². The Bertz CT molecular complexity index is 415. The Morgan fingerprint density at radius 2 is 1.88 bits per heavy atom. The molecule has 1 amide bonds. The van der Waals surface area contributed by atoms with Crippen molar-refractivity contribution in [3.8, 4) is 5.75 Å². The number of aryl methyl sites for hydroxylation is 3. The van der Waals surface area contributed by atoms with Crippen molar-refractivity contribution in [2.24, 2.45) is 0 Å². The van der Waals surface area contributed by atoms with Crippen molar-refractivity contribution < 1.29 is 9.63 Å². The summed E-state index contributed by atoms with van der Waals surface area (Å²) < 4.78 is 0. The summed E-state index contributed by atoms with van der Waals surface area (Å²) in [4.78, 5) is 17.1. The van der Waals surface area contributed by atoms with E-state index in [9.17, 15) is 4.79 Å². The summed E-state index contributed by atoms with van der Waals surface area (Å²) in [6.07, 6.45) is 1.84. The van der Waals surface area contributed by atoms with Crippen LogP contribution < -0.4 is 4.84 Å². The van der Waals surface area contributed by atoms with Gasteiger partial charge in [-0.15, -0.1) is 6.58 Å². The summed E-state index contributed by atoms with van der Waals surface area (Å²) in [6.45, 7) is 9.52. The average Bonchev–Trinajstić information content (AvgIpc) is 2.23. The minimum atomic E-state index is -0.112. The van der Waals surface area contributed by atoms with Gasteiger partial charge in [-0.25, -0.2) is 0 Å². The lowest BCUT2D eigenvalue weighted by molar-refractivity contribution is -0.151. The first-order chi connectivity index (χ1) is 7.95. The lowest BCUT2D eigenvalue weighted by atomic mass is 10.1. The molecule has 1 aromatic carbocycles. The van der Waals surface area contributed by atoms with E-state index in [0.29, 0.717) is 0 Å². The van der Waals surface area contributed by atoms with Crippen molar-refractivity contribution >= 4 is 5.91 Å². The molecule has 0 aliphatic rings. The fraction of sp³-hybridized carbons (Fsp3) is 0.357. The Labute approximate surface area is 103 Å². The molecule has 0 saturated carbocycles. The molecule has 0 aliphatic heterocycles. The Hall–Kier alpha value is -1.77. The van der Waals surface area contributed by atoms with E-state index in [2.05, 4.69) is 6.58 Å². The van der Waals surface area contributed by atoms with Gasteiger partial charge in [-0.1, -0.05) is 23.8 Å². The summed E-state index contributed by atoms with van der Waals surface area (Å²) in [6, 6.07) is 4.07. The van der Waals surface area contributed by atoms with Crippen LogP contribution in [0.1, 0.15) is 23.1 Å². The van der Waals surface area contributed by atoms with Gasteiger partial charge in [-0.3, -0.25) is 4.79 Å². The van der Waals surface area contributed by atoms with Gasteiger partial charge >= 0.3 is 0 Å². The summed E-state index contributed by atoms with van der Waals surface area (Å²) >= 11 is 0. The quantitative estimate of drug-likeness (QED) is 0.591. The van der Waals surface area contributed by atoms with E-state index in [1.165, 1.54) is 10.6 Å². The first kappa shape index (κ1) is 13.3. The van der Waals surface area contributed by atoms with Crippen molar-refractivity contribution in [2.75, 3.05) is 7.05 Å². The zero-order valence-corrected chi connectivity index (χ0v) is 10.9. The molecule has 0 aliphatic carbocycles. The van der Waals surface area contributed by atoms with E-state index in [4.69, 9.17) is 4.84 Å². The fourth-order valence-electron chi connectivity index (χ4n) is 1.75. The third-order valence-electron chi connectivity index (χ3n) is 2.50. The molecule has 0 atom stereocenters. The van der Waals surface area contributed by atoms with Crippen LogP contribution in [0, 0.1) is 20.8 Å². The molecule has 1 rings (SSSR count). The van der Waals surface area contributed by atoms with Crippen LogP contribution in [0.2, 0.25) is 0 Å². The molecule has 0 heterocycles. The predicted molar refractivity (Wildman–Crippen MR) is 68.9 cm³/mol. The van der Waals surface area contributed by atoms with Gasteiger partial charge in [0.1, 0.15) is 0 Å². The average molecular weight is 233 g/mol. The number of nitrogens with zero attached hydrogens (tertiary/aromatic N) is 1. The first-order valence-corrected chi connectivity index (χ1v) is 5.59. The number of hydrogen-bond donors (Lipinski definition) is 0. The molecule has 1 aromatic rings. The summed E-state index contributed by atoms with van der Waals surface area (Å²) in [5.41, 5.74) is 3.24.